The summed E-state index contributed by atoms with van der Waals surface area (Å²) in [5.41, 5.74) is 3.18. The van der Waals surface area contributed by atoms with Crippen molar-refractivity contribution in [1.29, 1.82) is 0 Å². The first-order chi connectivity index (χ1) is 19.8. The summed E-state index contributed by atoms with van der Waals surface area (Å²) in [7, 11) is 0. The van der Waals surface area contributed by atoms with E-state index in [0.717, 1.165) is 77.7 Å². The van der Waals surface area contributed by atoms with Crippen molar-refractivity contribution < 1.29 is 14.3 Å². The lowest BCUT2D eigenvalue weighted by Crippen LogP contribution is -2.40. The minimum Gasteiger partial charge on any atom is -0.492 e. The molecule has 0 bridgehead atoms. The zero-order chi connectivity index (χ0) is 28.6. The van der Waals surface area contributed by atoms with Crippen molar-refractivity contribution in [3.63, 3.8) is 0 Å². The molecule has 6 rings (SSSR count). The van der Waals surface area contributed by atoms with Gasteiger partial charge in [-0.15, -0.1) is 0 Å². The molecular formula is C34H42N4O3. The van der Waals surface area contributed by atoms with Crippen LogP contribution in [0.4, 0.5) is 0 Å². The highest BCUT2D eigenvalue weighted by Crippen LogP contribution is 2.35. The van der Waals surface area contributed by atoms with Gasteiger partial charge in [0.05, 0.1) is 5.52 Å². The molecule has 0 aliphatic carbocycles. The molecule has 7 heteroatoms. The van der Waals surface area contributed by atoms with Gasteiger partial charge in [0.1, 0.15) is 18.1 Å². The van der Waals surface area contributed by atoms with Gasteiger partial charge in [0.15, 0.2) is 6.23 Å². The number of carbonyl (C=O) groups is 1. The number of benzene rings is 3. The molecule has 4 aromatic rings. The first kappa shape index (κ1) is 27.7. The maximum absolute atomic E-state index is 13.1. The third kappa shape index (κ3) is 5.97. The van der Waals surface area contributed by atoms with Gasteiger partial charge in [0.2, 0.25) is 0 Å². The van der Waals surface area contributed by atoms with Gasteiger partial charge in [-0.25, -0.2) is 4.68 Å². The Kier molecular flexibility index (Phi) is 7.75. The van der Waals surface area contributed by atoms with Crippen molar-refractivity contribution in [2.24, 2.45) is 0 Å². The Labute approximate surface area is 242 Å². The predicted octanol–water partition coefficient (Wildman–Crippen LogP) is 6.95. The predicted molar refractivity (Wildman–Crippen MR) is 164 cm³/mol. The monoisotopic (exact) mass is 554 g/mol. The van der Waals surface area contributed by atoms with E-state index in [-0.39, 0.29) is 17.7 Å². The number of fused-ring (bicyclic) bond motifs is 2. The quantitative estimate of drug-likeness (QED) is 0.268. The van der Waals surface area contributed by atoms with E-state index in [2.05, 4.69) is 53.5 Å². The zero-order valence-corrected chi connectivity index (χ0v) is 24.8. The highest BCUT2D eigenvalue weighted by molar-refractivity contribution is 6.02. The third-order valence-corrected chi connectivity index (χ3v) is 8.32. The van der Waals surface area contributed by atoms with Crippen LogP contribution in [0, 0.1) is 0 Å². The van der Waals surface area contributed by atoms with Gasteiger partial charge in [-0.3, -0.25) is 9.69 Å². The van der Waals surface area contributed by atoms with E-state index in [9.17, 15) is 4.79 Å². The van der Waals surface area contributed by atoms with Crippen LogP contribution in [-0.4, -0.2) is 58.5 Å². The van der Waals surface area contributed by atoms with Crippen LogP contribution in [0.3, 0.4) is 0 Å². The van der Waals surface area contributed by atoms with E-state index < -0.39 is 0 Å². The maximum Gasteiger partial charge on any atom is 0.251 e. The fraction of sp³-hybridized carbons (Fsp3) is 0.471. The van der Waals surface area contributed by atoms with Gasteiger partial charge in [0, 0.05) is 34.7 Å². The summed E-state index contributed by atoms with van der Waals surface area (Å²) in [6, 6.07) is 19.2. The SMILES string of the molecule is CCN1CCCC1COc1ccc2cc(-c3nn([C@@H]4CCCCO4)c4ccc(C(=O)NC(C)(C)C)cc34)ccc2c1. The highest BCUT2D eigenvalue weighted by Gasteiger charge is 2.25. The van der Waals surface area contributed by atoms with Crippen LogP contribution in [0.5, 0.6) is 5.75 Å². The Balaban J connectivity index is 1.33. The molecule has 2 atom stereocenters. The number of nitrogens with one attached hydrogen (secondary N) is 1. The van der Waals surface area contributed by atoms with Gasteiger partial charge in [-0.1, -0.05) is 25.1 Å². The fourth-order valence-corrected chi connectivity index (χ4v) is 6.20. The number of likely N-dealkylation sites (tertiary alicyclic amines) is 1. The zero-order valence-electron chi connectivity index (χ0n) is 24.8. The summed E-state index contributed by atoms with van der Waals surface area (Å²) >= 11 is 0. The second-order valence-electron chi connectivity index (χ2n) is 12.5. The van der Waals surface area contributed by atoms with Crippen LogP contribution in [-0.2, 0) is 4.74 Å². The summed E-state index contributed by atoms with van der Waals surface area (Å²) < 4.78 is 14.4. The van der Waals surface area contributed by atoms with E-state index in [1.54, 1.807) is 0 Å². The van der Waals surface area contributed by atoms with Crippen LogP contribution in [0.1, 0.15) is 76.4 Å². The molecule has 2 saturated heterocycles. The molecular weight excluding hydrogens is 512 g/mol. The Morgan fingerprint density at radius 2 is 1.85 bits per heavy atom. The van der Waals surface area contributed by atoms with Crippen molar-refractivity contribution in [2.75, 3.05) is 26.3 Å². The molecule has 3 aromatic carbocycles. The first-order valence-electron chi connectivity index (χ1n) is 15.2. The van der Waals surface area contributed by atoms with Crippen molar-refractivity contribution in [3.05, 3.63) is 60.2 Å². The molecule has 1 amide bonds. The van der Waals surface area contributed by atoms with Crippen molar-refractivity contribution >= 4 is 27.6 Å². The summed E-state index contributed by atoms with van der Waals surface area (Å²) in [6.07, 6.45) is 5.48. The number of carbonyl (C=O) groups excluding carboxylic acids is 1. The topological polar surface area (TPSA) is 68.6 Å². The average molecular weight is 555 g/mol. The normalized spacial score (nSPS) is 20.1. The molecule has 7 nitrogen and oxygen atoms in total. The number of likely N-dealkylation sites (N-methyl/N-ethyl adjacent to an activating group) is 1. The Bertz CT molecular complexity index is 1550. The Hall–Kier alpha value is -3.42. The molecule has 1 unspecified atom stereocenters. The molecule has 3 heterocycles. The molecule has 1 N–H and O–H groups in total. The summed E-state index contributed by atoms with van der Waals surface area (Å²) in [4.78, 5) is 15.6. The number of nitrogens with zero attached hydrogens (tertiary/aromatic N) is 3. The van der Waals surface area contributed by atoms with E-state index in [4.69, 9.17) is 14.6 Å². The van der Waals surface area contributed by atoms with Crippen molar-refractivity contribution in [1.82, 2.24) is 20.0 Å². The minimum atomic E-state index is -0.317. The second-order valence-corrected chi connectivity index (χ2v) is 12.5. The lowest BCUT2D eigenvalue weighted by Gasteiger charge is -2.23. The standard InChI is InChI=1S/C34H42N4O3/c1-5-37-17-8-9-27(37)22-41-28-15-13-23-19-25(12-11-24(23)20-28)32-29-21-26(33(39)35-34(2,3)4)14-16-30(29)38(36-32)31-10-6-7-18-40-31/h11-16,19-21,27,31H,5-10,17-18,22H2,1-4H3,(H,35,39)/t27?,31-/m0/s1. The summed E-state index contributed by atoms with van der Waals surface area (Å²) in [5.74, 6) is 0.824. The number of hydrogen-bond donors (Lipinski definition) is 1. The lowest BCUT2D eigenvalue weighted by atomic mass is 10.0. The number of rotatable bonds is 7. The number of hydrogen-bond acceptors (Lipinski definition) is 5. The minimum absolute atomic E-state index is 0.0854. The van der Waals surface area contributed by atoms with E-state index in [1.165, 1.54) is 19.4 Å². The molecule has 2 fully saturated rings. The average Bonchev–Trinajstić information content (AvgIpc) is 3.59. The van der Waals surface area contributed by atoms with Crippen molar-refractivity contribution in [2.45, 2.75) is 77.6 Å². The first-order valence-corrected chi connectivity index (χ1v) is 15.2. The van der Waals surface area contributed by atoms with Gasteiger partial charge in [0.25, 0.3) is 5.91 Å². The maximum atomic E-state index is 13.1. The van der Waals surface area contributed by atoms with E-state index in [0.29, 0.717) is 11.6 Å². The number of aromatic nitrogens is 2. The van der Waals surface area contributed by atoms with Gasteiger partial charge in [-0.05, 0) is 113 Å². The van der Waals surface area contributed by atoms with Gasteiger partial charge in [-0.2, -0.15) is 5.10 Å². The van der Waals surface area contributed by atoms with E-state index in [1.807, 2.05) is 43.7 Å². The largest absolute Gasteiger partial charge is 0.492 e. The smallest absolute Gasteiger partial charge is 0.251 e. The van der Waals surface area contributed by atoms with E-state index >= 15 is 0 Å². The third-order valence-electron chi connectivity index (χ3n) is 8.32. The van der Waals surface area contributed by atoms with Crippen LogP contribution >= 0.6 is 0 Å². The molecule has 0 radical (unpaired) electrons. The molecule has 2 aliphatic rings. The van der Waals surface area contributed by atoms with Crippen LogP contribution in [0.2, 0.25) is 0 Å². The molecule has 0 saturated carbocycles. The molecule has 216 valence electrons. The number of amides is 1. The van der Waals surface area contributed by atoms with Crippen molar-refractivity contribution in [3.8, 4) is 17.0 Å². The lowest BCUT2D eigenvalue weighted by molar-refractivity contribution is -0.0365. The molecule has 0 spiro atoms. The van der Waals surface area contributed by atoms with Gasteiger partial charge < -0.3 is 14.8 Å². The Morgan fingerprint density at radius 1 is 1.02 bits per heavy atom. The second kappa shape index (κ2) is 11.5. The molecule has 1 aromatic heterocycles. The highest BCUT2D eigenvalue weighted by atomic mass is 16.5. The van der Waals surface area contributed by atoms with Crippen LogP contribution in [0.15, 0.2) is 54.6 Å². The summed E-state index contributed by atoms with van der Waals surface area (Å²) in [6.45, 7) is 11.9. The van der Waals surface area contributed by atoms with Crippen LogP contribution in [0.25, 0.3) is 32.9 Å². The molecule has 2 aliphatic heterocycles. The Morgan fingerprint density at radius 3 is 2.63 bits per heavy atom. The van der Waals surface area contributed by atoms with Crippen LogP contribution < -0.4 is 10.1 Å². The fourth-order valence-electron chi connectivity index (χ4n) is 6.20. The number of ether oxygens (including phenoxy) is 2. The molecule has 41 heavy (non-hydrogen) atoms. The van der Waals surface area contributed by atoms with Gasteiger partial charge >= 0.3 is 0 Å². The summed E-state index contributed by atoms with van der Waals surface area (Å²) in [5, 5.41) is 11.4.